The Bertz CT molecular complexity index is 361. The summed E-state index contributed by atoms with van der Waals surface area (Å²) < 4.78 is 5.36. The van der Waals surface area contributed by atoms with Crippen molar-refractivity contribution in [2.75, 3.05) is 12.3 Å². The molecule has 0 saturated carbocycles. The van der Waals surface area contributed by atoms with Gasteiger partial charge in [0.05, 0.1) is 11.1 Å². The predicted molar refractivity (Wildman–Crippen MR) is 57.8 cm³/mol. The van der Waals surface area contributed by atoms with Crippen LogP contribution < -0.4 is 10.5 Å². The number of hydrogen-bond acceptors (Lipinski definition) is 3. The van der Waals surface area contributed by atoms with Gasteiger partial charge in [0.25, 0.3) is 0 Å². The van der Waals surface area contributed by atoms with Gasteiger partial charge in [-0.3, -0.25) is 4.79 Å². The minimum absolute atomic E-state index is 0.0938. The van der Waals surface area contributed by atoms with Gasteiger partial charge in [0, 0.05) is 0 Å². The highest BCUT2D eigenvalue weighted by Crippen LogP contribution is 2.23. The molecule has 4 heteroatoms. The third-order valence-electron chi connectivity index (χ3n) is 2.09. The molecule has 0 fully saturated rings. The van der Waals surface area contributed by atoms with Gasteiger partial charge in [-0.25, -0.2) is 0 Å². The lowest BCUT2D eigenvalue weighted by atomic mass is 9.95. The van der Waals surface area contributed by atoms with Crippen LogP contribution in [0.4, 0.5) is 5.69 Å². The lowest BCUT2D eigenvalue weighted by Gasteiger charge is -2.20. The van der Waals surface area contributed by atoms with Crippen molar-refractivity contribution in [3.63, 3.8) is 0 Å². The van der Waals surface area contributed by atoms with Gasteiger partial charge in [-0.2, -0.15) is 0 Å². The summed E-state index contributed by atoms with van der Waals surface area (Å²) in [4.78, 5) is 10.8. The van der Waals surface area contributed by atoms with Crippen molar-refractivity contribution < 1.29 is 14.6 Å². The Morgan fingerprint density at radius 3 is 2.60 bits per heavy atom. The molecule has 0 amide bonds. The second-order valence-electron chi connectivity index (χ2n) is 4.02. The van der Waals surface area contributed by atoms with Crippen molar-refractivity contribution in [3.8, 4) is 5.75 Å². The van der Waals surface area contributed by atoms with Crippen molar-refractivity contribution in [1.29, 1.82) is 0 Å². The molecule has 0 aromatic heterocycles. The second kappa shape index (κ2) is 4.21. The van der Waals surface area contributed by atoms with Crippen LogP contribution in [0.15, 0.2) is 24.3 Å². The van der Waals surface area contributed by atoms with E-state index >= 15 is 0 Å². The van der Waals surface area contributed by atoms with Crippen molar-refractivity contribution in [1.82, 2.24) is 0 Å². The SMILES string of the molecule is CC(C)(COc1ccccc1N)C(=O)O. The van der Waals surface area contributed by atoms with E-state index < -0.39 is 11.4 Å². The van der Waals surface area contributed by atoms with Crippen molar-refractivity contribution in [2.24, 2.45) is 5.41 Å². The Labute approximate surface area is 88.7 Å². The molecule has 15 heavy (non-hydrogen) atoms. The number of para-hydroxylation sites is 2. The van der Waals surface area contributed by atoms with Crippen LogP contribution in [0.1, 0.15) is 13.8 Å². The molecule has 0 aliphatic heterocycles. The summed E-state index contributed by atoms with van der Waals surface area (Å²) in [5.41, 5.74) is 5.25. The Hall–Kier alpha value is -1.71. The summed E-state index contributed by atoms with van der Waals surface area (Å²) in [5, 5.41) is 8.88. The number of benzene rings is 1. The number of carboxylic acids is 1. The Morgan fingerprint density at radius 1 is 1.47 bits per heavy atom. The Morgan fingerprint density at radius 2 is 2.07 bits per heavy atom. The number of ether oxygens (including phenoxy) is 1. The minimum Gasteiger partial charge on any atom is -0.490 e. The zero-order chi connectivity index (χ0) is 11.5. The Balaban J connectivity index is 2.66. The molecule has 0 atom stereocenters. The number of carbonyl (C=O) groups is 1. The molecule has 0 unspecified atom stereocenters. The largest absolute Gasteiger partial charge is 0.490 e. The van der Waals surface area contributed by atoms with Gasteiger partial charge >= 0.3 is 5.97 Å². The maximum Gasteiger partial charge on any atom is 0.312 e. The van der Waals surface area contributed by atoms with E-state index in [4.69, 9.17) is 15.6 Å². The molecule has 1 rings (SSSR count). The van der Waals surface area contributed by atoms with Gasteiger partial charge in [0.1, 0.15) is 12.4 Å². The first-order valence-electron chi connectivity index (χ1n) is 4.64. The van der Waals surface area contributed by atoms with Crippen LogP contribution in [0, 0.1) is 5.41 Å². The number of rotatable bonds is 4. The normalized spacial score (nSPS) is 11.1. The van der Waals surface area contributed by atoms with Crippen LogP contribution in [0.25, 0.3) is 0 Å². The van der Waals surface area contributed by atoms with Gasteiger partial charge in [-0.15, -0.1) is 0 Å². The highest BCUT2D eigenvalue weighted by atomic mass is 16.5. The van der Waals surface area contributed by atoms with Crippen molar-refractivity contribution >= 4 is 11.7 Å². The van der Waals surface area contributed by atoms with E-state index in [2.05, 4.69) is 0 Å². The van der Waals surface area contributed by atoms with Gasteiger partial charge in [-0.1, -0.05) is 12.1 Å². The molecule has 0 radical (unpaired) electrons. The fourth-order valence-electron chi connectivity index (χ4n) is 0.932. The predicted octanol–water partition coefficient (Wildman–Crippen LogP) is 1.76. The fraction of sp³-hybridized carbons (Fsp3) is 0.364. The lowest BCUT2D eigenvalue weighted by molar-refractivity contribution is -0.148. The quantitative estimate of drug-likeness (QED) is 0.741. The highest BCUT2D eigenvalue weighted by molar-refractivity contribution is 5.73. The highest BCUT2D eigenvalue weighted by Gasteiger charge is 2.28. The summed E-state index contributed by atoms with van der Waals surface area (Å²) in [6, 6.07) is 7.01. The number of anilines is 1. The summed E-state index contributed by atoms with van der Waals surface area (Å²) in [6.07, 6.45) is 0. The van der Waals surface area contributed by atoms with E-state index in [1.165, 1.54) is 0 Å². The average Bonchev–Trinajstić information content (AvgIpc) is 2.16. The third kappa shape index (κ3) is 2.87. The first kappa shape index (κ1) is 11.4. The molecule has 0 aliphatic rings. The standard InChI is InChI=1S/C11H15NO3/c1-11(2,10(13)14)7-15-9-6-4-3-5-8(9)12/h3-6H,7,12H2,1-2H3,(H,13,14). The molecular weight excluding hydrogens is 194 g/mol. The molecule has 0 spiro atoms. The summed E-state index contributed by atoms with van der Waals surface area (Å²) >= 11 is 0. The Kier molecular flexibility index (Phi) is 3.19. The number of hydrogen-bond donors (Lipinski definition) is 2. The molecule has 0 saturated heterocycles. The zero-order valence-electron chi connectivity index (χ0n) is 8.86. The molecule has 82 valence electrons. The molecule has 1 aromatic rings. The van der Waals surface area contributed by atoms with Gasteiger partial charge in [0.15, 0.2) is 0 Å². The monoisotopic (exact) mass is 209 g/mol. The van der Waals surface area contributed by atoms with Crippen LogP contribution >= 0.6 is 0 Å². The summed E-state index contributed by atoms with van der Waals surface area (Å²) in [5.74, 6) is -0.371. The number of aliphatic carboxylic acids is 1. The van der Waals surface area contributed by atoms with Gasteiger partial charge < -0.3 is 15.6 Å². The molecule has 0 heterocycles. The van der Waals surface area contributed by atoms with Crippen LogP contribution in [0.5, 0.6) is 5.75 Å². The van der Waals surface area contributed by atoms with Crippen LogP contribution in [-0.4, -0.2) is 17.7 Å². The fourth-order valence-corrected chi connectivity index (χ4v) is 0.932. The van der Waals surface area contributed by atoms with E-state index in [0.717, 1.165) is 0 Å². The molecule has 1 aromatic carbocycles. The second-order valence-corrected chi connectivity index (χ2v) is 4.02. The first-order valence-corrected chi connectivity index (χ1v) is 4.64. The van der Waals surface area contributed by atoms with E-state index in [1.54, 1.807) is 38.1 Å². The molecule has 3 N–H and O–H groups in total. The van der Waals surface area contributed by atoms with E-state index in [-0.39, 0.29) is 6.61 Å². The maximum absolute atomic E-state index is 10.8. The maximum atomic E-state index is 10.8. The van der Waals surface area contributed by atoms with Crippen molar-refractivity contribution in [2.45, 2.75) is 13.8 Å². The number of carboxylic acid groups (broad SMARTS) is 1. The number of nitrogen functional groups attached to an aromatic ring is 1. The molecule has 0 bridgehead atoms. The average molecular weight is 209 g/mol. The smallest absolute Gasteiger partial charge is 0.312 e. The van der Waals surface area contributed by atoms with E-state index in [0.29, 0.717) is 11.4 Å². The lowest BCUT2D eigenvalue weighted by Crippen LogP contribution is -2.30. The van der Waals surface area contributed by atoms with Crippen LogP contribution in [0.2, 0.25) is 0 Å². The third-order valence-corrected chi connectivity index (χ3v) is 2.09. The van der Waals surface area contributed by atoms with Gasteiger partial charge in [-0.05, 0) is 26.0 Å². The topological polar surface area (TPSA) is 72.5 Å². The van der Waals surface area contributed by atoms with Gasteiger partial charge in [0.2, 0.25) is 0 Å². The first-order chi connectivity index (χ1) is 6.93. The van der Waals surface area contributed by atoms with Crippen LogP contribution in [-0.2, 0) is 4.79 Å². The minimum atomic E-state index is -0.914. The van der Waals surface area contributed by atoms with Crippen LogP contribution in [0.3, 0.4) is 0 Å². The van der Waals surface area contributed by atoms with E-state index in [9.17, 15) is 4.79 Å². The number of nitrogens with two attached hydrogens (primary N) is 1. The summed E-state index contributed by atoms with van der Waals surface area (Å²) in [6.45, 7) is 3.31. The molecule has 0 aliphatic carbocycles. The molecule has 4 nitrogen and oxygen atoms in total. The molecular formula is C11H15NO3. The van der Waals surface area contributed by atoms with Crippen molar-refractivity contribution in [3.05, 3.63) is 24.3 Å². The summed E-state index contributed by atoms with van der Waals surface area (Å²) in [7, 11) is 0. The zero-order valence-corrected chi connectivity index (χ0v) is 8.86. The van der Waals surface area contributed by atoms with E-state index in [1.807, 2.05) is 0 Å².